The van der Waals surface area contributed by atoms with Gasteiger partial charge in [0.05, 0.1) is 12.3 Å². The van der Waals surface area contributed by atoms with E-state index in [1.54, 1.807) is 6.26 Å². The molecular weight excluding hydrogens is 338 g/mol. The Morgan fingerprint density at radius 2 is 2.07 bits per heavy atom. The van der Waals surface area contributed by atoms with Gasteiger partial charge >= 0.3 is 0 Å². The van der Waals surface area contributed by atoms with Gasteiger partial charge in [0.25, 0.3) is 0 Å². The normalized spacial score (nSPS) is 23.3. The molecule has 2 unspecified atom stereocenters. The van der Waals surface area contributed by atoms with Crippen LogP contribution in [0.15, 0.2) is 27.8 Å². The van der Waals surface area contributed by atoms with E-state index in [0.29, 0.717) is 6.04 Å². The van der Waals surface area contributed by atoms with Crippen LogP contribution in [0.25, 0.3) is 0 Å². The zero-order chi connectivity index (χ0) is 19.1. The molecule has 0 spiro atoms. The molecule has 2 N–H and O–H groups in total. The van der Waals surface area contributed by atoms with E-state index in [4.69, 9.17) is 4.42 Å². The number of hydrogen-bond donors (Lipinski definition) is 2. The lowest BCUT2D eigenvalue weighted by Gasteiger charge is -2.29. The van der Waals surface area contributed by atoms with Crippen LogP contribution >= 0.6 is 0 Å². The third-order valence-corrected chi connectivity index (χ3v) is 6.21. The SMILES string of the molecule is CCN(CC)C(CNC(=NC)NC1CCN(C2CCCC2)C1)c1ccco1. The van der Waals surface area contributed by atoms with Crippen molar-refractivity contribution >= 4 is 5.96 Å². The second-order valence-corrected chi connectivity index (χ2v) is 7.77. The molecule has 0 amide bonds. The summed E-state index contributed by atoms with van der Waals surface area (Å²) >= 11 is 0. The van der Waals surface area contributed by atoms with Gasteiger partial charge in [-0.25, -0.2) is 0 Å². The highest BCUT2D eigenvalue weighted by Gasteiger charge is 2.30. The first kappa shape index (κ1) is 20.2. The molecule has 2 atom stereocenters. The second-order valence-electron chi connectivity index (χ2n) is 7.77. The van der Waals surface area contributed by atoms with Gasteiger partial charge < -0.3 is 15.1 Å². The molecule has 152 valence electrons. The fraction of sp³-hybridized carbons (Fsp3) is 0.762. The van der Waals surface area contributed by atoms with Crippen molar-refractivity contribution in [1.29, 1.82) is 0 Å². The minimum Gasteiger partial charge on any atom is -0.468 e. The molecule has 3 rings (SSSR count). The number of likely N-dealkylation sites (tertiary alicyclic amines) is 1. The molecule has 1 aliphatic carbocycles. The number of nitrogens with one attached hydrogen (secondary N) is 2. The smallest absolute Gasteiger partial charge is 0.191 e. The Bertz CT molecular complexity index is 563. The summed E-state index contributed by atoms with van der Waals surface area (Å²) in [6.45, 7) is 9.53. The summed E-state index contributed by atoms with van der Waals surface area (Å²) in [6.07, 6.45) is 8.54. The third-order valence-electron chi connectivity index (χ3n) is 6.21. The van der Waals surface area contributed by atoms with Crippen molar-refractivity contribution in [3.8, 4) is 0 Å². The van der Waals surface area contributed by atoms with E-state index < -0.39 is 0 Å². The Balaban J connectivity index is 1.52. The van der Waals surface area contributed by atoms with Gasteiger partial charge in [0.1, 0.15) is 5.76 Å². The van der Waals surface area contributed by atoms with Crippen molar-refractivity contribution in [3.63, 3.8) is 0 Å². The minimum absolute atomic E-state index is 0.215. The average Bonchev–Trinajstić information content (AvgIpc) is 3.45. The first-order chi connectivity index (χ1) is 13.2. The van der Waals surface area contributed by atoms with Gasteiger partial charge in [-0.1, -0.05) is 26.7 Å². The summed E-state index contributed by atoms with van der Waals surface area (Å²) in [7, 11) is 1.86. The first-order valence-electron chi connectivity index (χ1n) is 10.7. The molecular formula is C21H37N5O. The van der Waals surface area contributed by atoms with Crippen LogP contribution in [0.5, 0.6) is 0 Å². The van der Waals surface area contributed by atoms with Crippen LogP contribution in [-0.4, -0.2) is 67.6 Å². The third kappa shape index (κ3) is 5.26. The van der Waals surface area contributed by atoms with E-state index in [2.05, 4.69) is 45.3 Å². The maximum Gasteiger partial charge on any atom is 0.191 e. The van der Waals surface area contributed by atoms with Gasteiger partial charge in [0, 0.05) is 38.8 Å². The predicted molar refractivity (Wildman–Crippen MR) is 111 cm³/mol. The van der Waals surface area contributed by atoms with E-state index in [1.165, 1.54) is 38.6 Å². The van der Waals surface area contributed by atoms with Crippen molar-refractivity contribution in [2.24, 2.45) is 4.99 Å². The highest BCUT2D eigenvalue weighted by atomic mass is 16.3. The lowest BCUT2D eigenvalue weighted by Crippen LogP contribution is -2.47. The minimum atomic E-state index is 0.215. The molecule has 2 fully saturated rings. The van der Waals surface area contributed by atoms with Crippen LogP contribution < -0.4 is 10.6 Å². The van der Waals surface area contributed by atoms with Crippen molar-refractivity contribution in [3.05, 3.63) is 24.2 Å². The lowest BCUT2D eigenvalue weighted by atomic mass is 10.2. The summed E-state index contributed by atoms with van der Waals surface area (Å²) < 4.78 is 5.70. The van der Waals surface area contributed by atoms with Gasteiger partial charge in [-0.3, -0.25) is 14.8 Å². The highest BCUT2D eigenvalue weighted by molar-refractivity contribution is 5.80. The van der Waals surface area contributed by atoms with Gasteiger partial charge in [-0.15, -0.1) is 0 Å². The molecule has 2 aliphatic rings. The number of rotatable bonds is 8. The van der Waals surface area contributed by atoms with Crippen LogP contribution in [-0.2, 0) is 0 Å². The summed E-state index contributed by atoms with van der Waals surface area (Å²) in [5.41, 5.74) is 0. The molecule has 1 aliphatic heterocycles. The topological polar surface area (TPSA) is 56.0 Å². The quantitative estimate of drug-likeness (QED) is 0.540. The van der Waals surface area contributed by atoms with Gasteiger partial charge in [0.15, 0.2) is 5.96 Å². The Morgan fingerprint density at radius 1 is 1.30 bits per heavy atom. The van der Waals surface area contributed by atoms with Crippen molar-refractivity contribution in [2.45, 2.75) is 64.1 Å². The van der Waals surface area contributed by atoms with Crippen molar-refractivity contribution < 1.29 is 4.42 Å². The Morgan fingerprint density at radius 3 is 2.70 bits per heavy atom. The number of furan rings is 1. The molecule has 6 heteroatoms. The maximum absolute atomic E-state index is 5.70. The van der Waals surface area contributed by atoms with E-state index in [1.807, 2.05) is 13.1 Å². The largest absolute Gasteiger partial charge is 0.468 e. The average molecular weight is 376 g/mol. The van der Waals surface area contributed by atoms with E-state index >= 15 is 0 Å². The second kappa shape index (κ2) is 10.1. The summed E-state index contributed by atoms with van der Waals surface area (Å²) in [6, 6.07) is 5.56. The van der Waals surface area contributed by atoms with Crippen LogP contribution in [0.1, 0.15) is 57.8 Å². The molecule has 1 saturated carbocycles. The number of guanidine groups is 1. The van der Waals surface area contributed by atoms with Crippen LogP contribution in [0, 0.1) is 0 Å². The highest BCUT2D eigenvalue weighted by Crippen LogP contribution is 2.26. The molecule has 0 aromatic carbocycles. The fourth-order valence-corrected chi connectivity index (χ4v) is 4.64. The Kier molecular flexibility index (Phi) is 7.59. The van der Waals surface area contributed by atoms with Crippen LogP contribution in [0.3, 0.4) is 0 Å². The van der Waals surface area contributed by atoms with Gasteiger partial charge in [0.2, 0.25) is 0 Å². The van der Waals surface area contributed by atoms with Crippen molar-refractivity contribution in [1.82, 2.24) is 20.4 Å². The molecule has 0 bridgehead atoms. The Labute approximate surface area is 164 Å². The molecule has 1 aromatic rings. The molecule has 6 nitrogen and oxygen atoms in total. The summed E-state index contributed by atoms with van der Waals surface area (Å²) in [5.74, 6) is 1.91. The zero-order valence-electron chi connectivity index (χ0n) is 17.3. The maximum atomic E-state index is 5.70. The van der Waals surface area contributed by atoms with Gasteiger partial charge in [-0.05, 0) is 44.5 Å². The molecule has 1 saturated heterocycles. The number of likely N-dealkylation sites (N-methyl/N-ethyl adjacent to an activating group) is 1. The van der Waals surface area contributed by atoms with E-state index in [0.717, 1.165) is 43.9 Å². The molecule has 0 radical (unpaired) electrons. The van der Waals surface area contributed by atoms with E-state index in [9.17, 15) is 0 Å². The van der Waals surface area contributed by atoms with Crippen LogP contribution in [0.2, 0.25) is 0 Å². The summed E-state index contributed by atoms with van der Waals surface area (Å²) in [4.78, 5) is 9.56. The summed E-state index contributed by atoms with van der Waals surface area (Å²) in [5, 5.41) is 7.18. The first-order valence-corrected chi connectivity index (χ1v) is 10.7. The molecule has 2 heterocycles. The van der Waals surface area contributed by atoms with Gasteiger partial charge in [-0.2, -0.15) is 0 Å². The standard InChI is InChI=1S/C21H37N5O/c1-4-25(5-2)19(20-11-8-14-27-20)15-23-21(22-3)24-17-12-13-26(16-17)18-9-6-7-10-18/h8,11,14,17-19H,4-7,9-10,12-13,15-16H2,1-3H3,(H2,22,23,24). The Hall–Kier alpha value is -1.53. The number of hydrogen-bond acceptors (Lipinski definition) is 4. The number of aliphatic imine (C=N–C) groups is 1. The van der Waals surface area contributed by atoms with Crippen molar-refractivity contribution in [2.75, 3.05) is 39.8 Å². The predicted octanol–water partition coefficient (Wildman–Crippen LogP) is 2.84. The monoisotopic (exact) mass is 375 g/mol. The van der Waals surface area contributed by atoms with E-state index in [-0.39, 0.29) is 6.04 Å². The fourth-order valence-electron chi connectivity index (χ4n) is 4.64. The zero-order valence-corrected chi connectivity index (χ0v) is 17.3. The molecule has 27 heavy (non-hydrogen) atoms. The lowest BCUT2D eigenvalue weighted by molar-refractivity contribution is 0.193. The van der Waals surface area contributed by atoms with Crippen LogP contribution in [0.4, 0.5) is 0 Å². The molecule has 1 aromatic heterocycles. The number of nitrogens with zero attached hydrogens (tertiary/aromatic N) is 3.